The second-order valence-electron chi connectivity index (χ2n) is 22.4. The molecule has 5 nitrogen and oxygen atoms in total. The Hall–Kier alpha value is -1.62. The summed E-state index contributed by atoms with van der Waals surface area (Å²) in [7, 11) is 6.29. The van der Waals surface area contributed by atoms with Crippen molar-refractivity contribution in [2.75, 3.05) is 27.7 Å². The maximum absolute atomic E-state index is 13.5. The van der Waals surface area contributed by atoms with Gasteiger partial charge in [-0.2, -0.15) is 0 Å². The predicted octanol–water partition coefficient (Wildman–Crippen LogP) is 14.6. The van der Waals surface area contributed by atoms with E-state index in [0.29, 0.717) is 40.6 Å². The smallest absolute Gasteiger partial charge is 0.310 e. The van der Waals surface area contributed by atoms with Gasteiger partial charge in [0.1, 0.15) is 12.6 Å². The molecule has 340 valence electrons. The first-order chi connectivity index (χ1) is 28.1. The van der Waals surface area contributed by atoms with Gasteiger partial charge in [0.15, 0.2) is 6.10 Å². The van der Waals surface area contributed by atoms with Gasteiger partial charge in [-0.15, -0.1) is 0 Å². The van der Waals surface area contributed by atoms with Crippen molar-refractivity contribution in [2.24, 2.45) is 52.3 Å². The normalized spacial score (nSPS) is 29.7. The maximum Gasteiger partial charge on any atom is 0.310 e. The Morgan fingerprint density at radius 1 is 0.763 bits per heavy atom. The summed E-state index contributed by atoms with van der Waals surface area (Å²) < 4.78 is 12.9. The largest absolute Gasteiger partial charge is 0.462 e. The number of rotatable bonds is 27. The lowest BCUT2D eigenvalue weighted by Gasteiger charge is -2.58. The van der Waals surface area contributed by atoms with Crippen LogP contribution in [0.1, 0.15) is 215 Å². The van der Waals surface area contributed by atoms with E-state index in [4.69, 9.17) is 9.47 Å². The van der Waals surface area contributed by atoms with Crippen LogP contribution in [0.25, 0.3) is 0 Å². The third kappa shape index (κ3) is 15.0. The highest BCUT2D eigenvalue weighted by Crippen LogP contribution is 2.67. The van der Waals surface area contributed by atoms with Gasteiger partial charge in [-0.05, 0) is 110 Å². The van der Waals surface area contributed by atoms with Crippen molar-refractivity contribution in [1.82, 2.24) is 0 Å². The standard InChI is InChI=1S/C54H96NO4/c1-11-13-14-15-16-17-18-19-20-21-22-23-24-25-26-27-51(56)59-46(40-55(8,9)10)39-52(57)58-45-34-36-53(6)44(38-45)30-31-47-49-33-32-48(54(49,7)37-35-50(47)53)42(5)28-29-43(12-2)41(3)4/h28-30,41-43,45-50H,11-27,31-40H2,1-10H3/q+1/b29-28+/t42?,43-,45+,46?,47+,48-,49+,50+,53+,54-/m1/s1. The minimum Gasteiger partial charge on any atom is -0.462 e. The Kier molecular flexibility index (Phi) is 20.6. The van der Waals surface area contributed by atoms with E-state index < -0.39 is 6.10 Å². The highest BCUT2D eigenvalue weighted by Gasteiger charge is 2.59. The van der Waals surface area contributed by atoms with Crippen LogP contribution in [-0.4, -0.2) is 56.3 Å². The first-order valence-electron chi connectivity index (χ1n) is 25.7. The number of likely N-dealkylation sites (N-methyl/N-ethyl adjacent to an activating group) is 1. The van der Waals surface area contributed by atoms with Crippen LogP contribution in [0.15, 0.2) is 23.8 Å². The predicted molar refractivity (Wildman–Crippen MR) is 249 cm³/mol. The molecule has 0 aromatic heterocycles. The second-order valence-corrected chi connectivity index (χ2v) is 22.4. The third-order valence-electron chi connectivity index (χ3n) is 16.5. The van der Waals surface area contributed by atoms with Crippen LogP contribution in [0.5, 0.6) is 0 Å². The fourth-order valence-electron chi connectivity index (χ4n) is 13.0. The van der Waals surface area contributed by atoms with Crippen molar-refractivity contribution in [3.8, 4) is 0 Å². The molecular weight excluding hydrogens is 727 g/mol. The number of carbonyl (C=O) groups is 2. The summed E-state index contributed by atoms with van der Waals surface area (Å²) in [5, 5.41) is 0. The number of quaternary nitrogens is 1. The van der Waals surface area contributed by atoms with Crippen molar-refractivity contribution in [2.45, 2.75) is 228 Å². The molecule has 59 heavy (non-hydrogen) atoms. The SMILES string of the molecule is CCCCCCCCCCCCCCCCCC(=O)OC(CC(=O)O[C@H]1CC[C@@]2(C)C(=CC[C@H]3[C@@H]4CC[C@H](C(C)/C=C/[C@@H](CC)C(C)C)[C@@]4(C)CC[C@@H]32)C1)C[N+](C)(C)C. The molecule has 0 aliphatic heterocycles. The van der Waals surface area contributed by atoms with Crippen LogP contribution in [0.2, 0.25) is 0 Å². The van der Waals surface area contributed by atoms with E-state index in [1.807, 2.05) is 0 Å². The molecule has 3 fully saturated rings. The summed E-state index contributed by atoms with van der Waals surface area (Å²) in [4.78, 5) is 26.5. The first kappa shape index (κ1) is 50.0. The zero-order chi connectivity index (χ0) is 43.1. The van der Waals surface area contributed by atoms with E-state index in [1.165, 1.54) is 122 Å². The lowest BCUT2D eigenvalue weighted by molar-refractivity contribution is -0.873. The minimum absolute atomic E-state index is 0.0747. The number of hydrogen-bond acceptors (Lipinski definition) is 4. The van der Waals surface area contributed by atoms with Gasteiger partial charge in [-0.3, -0.25) is 9.59 Å². The van der Waals surface area contributed by atoms with E-state index in [0.717, 1.165) is 55.8 Å². The molecule has 0 radical (unpaired) electrons. The molecular formula is C54H96NO4+. The van der Waals surface area contributed by atoms with Gasteiger partial charge < -0.3 is 14.0 Å². The molecule has 0 bridgehead atoms. The third-order valence-corrected chi connectivity index (χ3v) is 16.5. The molecule has 4 aliphatic carbocycles. The van der Waals surface area contributed by atoms with Crippen molar-refractivity contribution in [1.29, 1.82) is 0 Å². The van der Waals surface area contributed by atoms with E-state index in [1.54, 1.807) is 5.57 Å². The Bertz CT molecular complexity index is 1310. The molecule has 0 aromatic rings. The lowest BCUT2D eigenvalue weighted by Crippen LogP contribution is -2.51. The van der Waals surface area contributed by atoms with Gasteiger partial charge in [-0.1, -0.05) is 162 Å². The van der Waals surface area contributed by atoms with Crippen molar-refractivity contribution >= 4 is 11.9 Å². The highest BCUT2D eigenvalue weighted by atomic mass is 16.6. The van der Waals surface area contributed by atoms with Crippen LogP contribution in [0.3, 0.4) is 0 Å². The number of carbonyl (C=O) groups excluding carboxylic acids is 2. The topological polar surface area (TPSA) is 52.6 Å². The van der Waals surface area contributed by atoms with E-state index in [-0.39, 0.29) is 29.9 Å². The molecule has 5 heteroatoms. The molecule has 4 rings (SSSR count). The van der Waals surface area contributed by atoms with Crippen LogP contribution < -0.4 is 0 Å². The number of esters is 2. The van der Waals surface area contributed by atoms with Crippen LogP contribution in [-0.2, 0) is 19.1 Å². The van der Waals surface area contributed by atoms with Crippen LogP contribution in [0.4, 0.5) is 0 Å². The first-order valence-corrected chi connectivity index (χ1v) is 25.7. The Labute approximate surface area is 365 Å². The lowest BCUT2D eigenvalue weighted by atomic mass is 9.47. The van der Waals surface area contributed by atoms with E-state index in [2.05, 4.69) is 87.8 Å². The molecule has 0 saturated heterocycles. The number of allylic oxidation sites excluding steroid dienone is 3. The monoisotopic (exact) mass is 823 g/mol. The average Bonchev–Trinajstić information content (AvgIpc) is 3.53. The van der Waals surface area contributed by atoms with Crippen molar-refractivity contribution < 1.29 is 23.5 Å². The highest BCUT2D eigenvalue weighted by molar-refractivity contribution is 5.72. The molecule has 3 saturated carbocycles. The van der Waals surface area contributed by atoms with Gasteiger partial charge in [0.05, 0.1) is 27.6 Å². The number of hydrogen-bond donors (Lipinski definition) is 0. The minimum atomic E-state index is -0.455. The summed E-state index contributed by atoms with van der Waals surface area (Å²) in [6.45, 7) is 17.7. The van der Waals surface area contributed by atoms with Crippen molar-refractivity contribution in [3.05, 3.63) is 23.8 Å². The summed E-state index contributed by atoms with van der Waals surface area (Å²) in [5.41, 5.74) is 2.21. The average molecular weight is 823 g/mol. The van der Waals surface area contributed by atoms with Gasteiger partial charge in [0.2, 0.25) is 0 Å². The van der Waals surface area contributed by atoms with Gasteiger partial charge >= 0.3 is 11.9 Å². The zero-order valence-electron chi connectivity index (χ0n) is 40.6. The van der Waals surface area contributed by atoms with Crippen LogP contribution in [0, 0.1) is 52.3 Å². The van der Waals surface area contributed by atoms with Crippen molar-refractivity contribution in [3.63, 3.8) is 0 Å². The Morgan fingerprint density at radius 2 is 1.37 bits per heavy atom. The molecule has 0 aromatic carbocycles. The number of nitrogens with zero attached hydrogens (tertiary/aromatic N) is 1. The van der Waals surface area contributed by atoms with E-state index in [9.17, 15) is 9.59 Å². The van der Waals surface area contributed by atoms with Gasteiger partial charge in [0, 0.05) is 12.8 Å². The number of fused-ring (bicyclic) bond motifs is 5. The quantitative estimate of drug-likeness (QED) is 0.0358. The summed E-state index contributed by atoms with van der Waals surface area (Å²) in [6, 6.07) is 0. The summed E-state index contributed by atoms with van der Waals surface area (Å²) in [6.07, 6.45) is 38.2. The van der Waals surface area contributed by atoms with Gasteiger partial charge in [-0.25, -0.2) is 0 Å². The summed E-state index contributed by atoms with van der Waals surface area (Å²) in [5.74, 6) is 4.80. The maximum atomic E-state index is 13.5. The molecule has 2 unspecified atom stereocenters. The van der Waals surface area contributed by atoms with Gasteiger partial charge in [0.25, 0.3) is 0 Å². The second kappa shape index (κ2) is 24.3. The fourth-order valence-corrected chi connectivity index (χ4v) is 13.0. The summed E-state index contributed by atoms with van der Waals surface area (Å²) >= 11 is 0. The number of ether oxygens (including phenoxy) is 2. The molecule has 0 amide bonds. The molecule has 4 aliphatic rings. The Morgan fingerprint density at radius 3 is 1.95 bits per heavy atom. The Balaban J connectivity index is 1.18. The zero-order valence-corrected chi connectivity index (χ0v) is 40.6. The molecule has 0 heterocycles. The number of unbranched alkanes of at least 4 members (excludes halogenated alkanes) is 14. The molecule has 10 atom stereocenters. The van der Waals surface area contributed by atoms with E-state index >= 15 is 0 Å². The molecule has 0 N–H and O–H groups in total. The van der Waals surface area contributed by atoms with Crippen LogP contribution >= 0.6 is 0 Å². The fraction of sp³-hybridized carbons (Fsp3) is 0.889. The molecule has 0 spiro atoms.